The summed E-state index contributed by atoms with van der Waals surface area (Å²) in [5.41, 5.74) is -1.48. The highest BCUT2D eigenvalue weighted by Crippen LogP contribution is 2.42. The number of carbonyl (C=O) groups excluding carboxylic acids is 3. The largest absolute Gasteiger partial charge is 0.441 e. The number of hydrogen-bond donors (Lipinski definition) is 2. The van der Waals surface area contributed by atoms with Crippen molar-refractivity contribution < 1.29 is 80.3 Å². The second kappa shape index (κ2) is 42.1. The molecule has 650 valence electrons. The molecule has 3 aromatic heterocycles. The van der Waals surface area contributed by atoms with E-state index in [0.29, 0.717) is 99.4 Å². The zero-order valence-corrected chi connectivity index (χ0v) is 69.2. The molecule has 6 aromatic rings. The van der Waals surface area contributed by atoms with Crippen LogP contribution in [-0.4, -0.2) is 173 Å². The summed E-state index contributed by atoms with van der Waals surface area (Å²) in [7, 11) is 0. The minimum Gasteiger partial charge on any atom is -0.441 e. The summed E-state index contributed by atoms with van der Waals surface area (Å²) in [5.74, 6) is 3.37. The fourth-order valence-electron chi connectivity index (χ4n) is 17.7. The van der Waals surface area contributed by atoms with Gasteiger partial charge in [0.05, 0.1) is 40.5 Å². The van der Waals surface area contributed by atoms with Gasteiger partial charge in [-0.3, -0.25) is 29.1 Å². The number of halogens is 13. The average molecular weight is 1680 g/mol. The molecule has 6 aliphatic heterocycles. The number of nitrogens with one attached hydrogen (secondary N) is 2. The highest BCUT2D eigenvalue weighted by molar-refractivity contribution is 6.33. The number of carbonyl (C=O) groups is 3. The first-order chi connectivity index (χ1) is 54.8. The summed E-state index contributed by atoms with van der Waals surface area (Å²) in [6.45, 7) is 33.1. The molecule has 0 bridgehead atoms. The van der Waals surface area contributed by atoms with Gasteiger partial charge in [0.1, 0.15) is 11.5 Å². The predicted molar refractivity (Wildman–Crippen MR) is 428 cm³/mol. The quantitative estimate of drug-likeness (QED) is 0.0409. The van der Waals surface area contributed by atoms with Gasteiger partial charge in [-0.05, 0) is 272 Å². The van der Waals surface area contributed by atoms with Crippen molar-refractivity contribution in [3.63, 3.8) is 0 Å². The molecule has 117 heavy (non-hydrogen) atoms. The van der Waals surface area contributed by atoms with Gasteiger partial charge in [-0.1, -0.05) is 65.8 Å². The van der Waals surface area contributed by atoms with Gasteiger partial charge in [0.2, 0.25) is 29.5 Å². The van der Waals surface area contributed by atoms with Crippen molar-refractivity contribution in [1.82, 2.24) is 55.0 Å². The van der Waals surface area contributed by atoms with Gasteiger partial charge < -0.3 is 38.6 Å². The van der Waals surface area contributed by atoms with E-state index in [4.69, 9.17) is 29.8 Å². The van der Waals surface area contributed by atoms with Crippen LogP contribution in [0.5, 0.6) is 0 Å². The number of Topliss-reactive ketones (excluding diaryl/α,β-unsaturated/α-hetero) is 1. The molecule has 9 heterocycles. The molecule has 0 aliphatic carbocycles. The Morgan fingerprint density at radius 3 is 1.31 bits per heavy atom. The van der Waals surface area contributed by atoms with Gasteiger partial charge in [0.25, 0.3) is 0 Å². The molecule has 2 N–H and O–H groups in total. The van der Waals surface area contributed by atoms with Gasteiger partial charge in [-0.15, -0.1) is 0 Å². The highest BCUT2D eigenvalue weighted by atomic mass is 35.5. The number of ketones is 1. The van der Waals surface area contributed by atoms with E-state index in [0.717, 1.165) is 169 Å². The van der Waals surface area contributed by atoms with Gasteiger partial charge in [0, 0.05) is 87.7 Å². The van der Waals surface area contributed by atoms with Crippen molar-refractivity contribution in [2.75, 3.05) is 111 Å². The Hall–Kier alpha value is -6.89. The maximum Gasteiger partial charge on any atom is 0.436 e. The SMILES string of the molecule is C.Cc1cc(-c2nc(C(F)(F)F)c(CN3CCC(C(=O)NCCCN4CCC[C@H](C)C4)CC3)o2)cc(C(F)(F)F)c1.Cc1cc(-c2nc(C(F)(F)F)c(CN3CCC(C(=O)NCCCN4C[C@H](C)C[C@H](C)C4)CC3)o2)cc(C(F)(F)F)c1.Cc1cccc(Cl)c1-c1nc(CN2CCC(C(=O)CCCCN3C[C@H](C)C[C@H](C)C3)CC2)c(C)o1. The van der Waals surface area contributed by atoms with Crippen LogP contribution in [0.15, 0.2) is 67.8 Å². The number of aromatic nitrogens is 3. The Morgan fingerprint density at radius 1 is 0.462 bits per heavy atom. The van der Waals surface area contributed by atoms with Crippen LogP contribution in [0.3, 0.4) is 0 Å². The number of unbranched alkanes of at least 4 members (excludes halogenated alkanes) is 1. The zero-order valence-electron chi connectivity index (χ0n) is 68.5. The van der Waals surface area contributed by atoms with E-state index < -0.39 is 70.5 Å². The van der Waals surface area contributed by atoms with Crippen LogP contribution in [0.1, 0.15) is 201 Å². The van der Waals surface area contributed by atoms with Crippen molar-refractivity contribution in [3.8, 4) is 34.4 Å². The molecule has 6 saturated heterocycles. The number of rotatable bonds is 25. The molecule has 17 nitrogen and oxygen atoms in total. The van der Waals surface area contributed by atoms with E-state index in [9.17, 15) is 67.1 Å². The second-order valence-electron chi connectivity index (χ2n) is 34.0. The zero-order chi connectivity index (χ0) is 84.0. The topological polar surface area (TPSA) is 173 Å². The van der Waals surface area contributed by atoms with E-state index in [1.807, 2.05) is 32.0 Å². The summed E-state index contributed by atoms with van der Waals surface area (Å²) in [4.78, 5) is 63.4. The molecule has 0 unspecified atom stereocenters. The maximum absolute atomic E-state index is 13.8. The molecule has 0 spiro atoms. The third-order valence-electron chi connectivity index (χ3n) is 23.3. The van der Waals surface area contributed by atoms with Crippen molar-refractivity contribution in [3.05, 3.63) is 122 Å². The summed E-state index contributed by atoms with van der Waals surface area (Å²) < 4.78 is 179. The monoisotopic (exact) mass is 1680 g/mol. The number of amides is 2. The van der Waals surface area contributed by atoms with Crippen LogP contribution in [0.4, 0.5) is 52.7 Å². The van der Waals surface area contributed by atoms with Crippen molar-refractivity contribution in [2.24, 2.45) is 47.3 Å². The molecule has 5 atom stereocenters. The minimum absolute atomic E-state index is 0. The molecule has 3 aromatic carbocycles. The molecule has 6 aliphatic rings. The lowest BCUT2D eigenvalue weighted by atomic mass is 9.89. The van der Waals surface area contributed by atoms with Gasteiger partial charge in [0.15, 0.2) is 22.9 Å². The molecule has 0 radical (unpaired) electrons. The number of nitrogens with zero attached hydrogens (tertiary/aromatic N) is 9. The molecule has 30 heteroatoms. The number of hydrogen-bond acceptors (Lipinski definition) is 15. The van der Waals surface area contributed by atoms with Gasteiger partial charge in [-0.2, -0.15) is 52.7 Å². The van der Waals surface area contributed by atoms with Crippen LogP contribution in [-0.2, 0) is 58.7 Å². The molecule has 6 fully saturated rings. The third kappa shape index (κ3) is 27.8. The van der Waals surface area contributed by atoms with Crippen LogP contribution < -0.4 is 10.6 Å². The second-order valence-corrected chi connectivity index (χ2v) is 34.4. The Bertz CT molecular complexity index is 4130. The van der Waals surface area contributed by atoms with Crippen molar-refractivity contribution in [2.45, 2.75) is 210 Å². The lowest BCUT2D eigenvalue weighted by Gasteiger charge is -2.35. The number of likely N-dealkylation sites (tertiary alicyclic amines) is 6. The van der Waals surface area contributed by atoms with Crippen LogP contribution >= 0.6 is 11.6 Å². The smallest absolute Gasteiger partial charge is 0.436 e. The number of oxazole rings is 3. The minimum atomic E-state index is -4.84. The number of piperidine rings is 6. The van der Waals surface area contributed by atoms with Gasteiger partial charge in [-0.25, -0.2) is 15.0 Å². The molecule has 2 amide bonds. The Morgan fingerprint density at radius 2 is 0.880 bits per heavy atom. The first kappa shape index (κ1) is 94.0. The molecule has 12 rings (SSSR count). The average Bonchev–Trinajstić information content (AvgIpc) is 1.67. The number of benzene rings is 3. The summed E-state index contributed by atoms with van der Waals surface area (Å²) in [6.07, 6.45) is -5.42. The molecule has 0 saturated carbocycles. The number of alkyl halides is 12. The summed E-state index contributed by atoms with van der Waals surface area (Å²) in [5, 5.41) is 6.67. The lowest BCUT2D eigenvalue weighted by molar-refractivity contribution is -0.143. The third-order valence-corrected chi connectivity index (χ3v) is 23.6. The first-order valence-corrected chi connectivity index (χ1v) is 41.8. The van der Waals surface area contributed by atoms with Crippen LogP contribution in [0.25, 0.3) is 34.4 Å². The Kier molecular flexibility index (Phi) is 33.8. The number of aryl methyl sites for hydroxylation is 4. The fraction of sp³-hybridized carbons (Fsp3) is 0.655. The van der Waals surface area contributed by atoms with E-state index in [-0.39, 0.29) is 72.3 Å². The van der Waals surface area contributed by atoms with Crippen molar-refractivity contribution >= 4 is 29.2 Å². The Balaban J connectivity index is 0.000000200. The Labute approximate surface area is 686 Å². The molecular weight excluding hydrogens is 1560 g/mol. The first-order valence-electron chi connectivity index (χ1n) is 41.4. The van der Waals surface area contributed by atoms with Crippen LogP contribution in [0, 0.1) is 75.0 Å². The summed E-state index contributed by atoms with van der Waals surface area (Å²) in [6, 6.07) is 11.8. The highest BCUT2D eigenvalue weighted by Gasteiger charge is 2.43. The van der Waals surface area contributed by atoms with Gasteiger partial charge >= 0.3 is 24.7 Å². The standard InChI is InChI=1S/C29H42ClN3O2.C29H38F6N4O2.C28H36F6N4O2.CH4/c1-20-16-21(2)18-33(17-20)13-6-5-10-27(34)24-11-14-32(15-12-24)19-26-23(4)35-29(31-26)28-22(3)8-7-9-25(28)30;1-18-12-22(14-23(13-18)28(30,31)32)27-37-25(29(33,34)35)24(41-27)17-38-9-5-21(6-10-38)26(40)36-7-4-8-39-15-19(2)11-20(3)16-39;1-18-5-3-9-37(16-18)10-4-8-35-25(39)20-6-11-38(12-7-20)17-23-24(28(32,33)34)36-26(40-23)21-13-19(2)14-22(15-21)27(29,30)31;/h7-9,20-21,24H,5-6,10-19H2,1-4H3;12-14,19-21H,4-11,15-17H2,1-3H3,(H,36,40);13-15,18,20H,3-12,16-17H2,1-2H3,(H,35,39);1H4/t20-,21+;19-,20+;18-;/m..0./s1. The fourth-order valence-corrected chi connectivity index (χ4v) is 18.0. The maximum atomic E-state index is 13.8. The van der Waals surface area contributed by atoms with E-state index >= 15 is 0 Å². The van der Waals surface area contributed by atoms with Crippen LogP contribution in [0.2, 0.25) is 5.02 Å². The van der Waals surface area contributed by atoms with E-state index in [2.05, 4.69) is 74.8 Å². The van der Waals surface area contributed by atoms with Crippen molar-refractivity contribution in [1.29, 1.82) is 0 Å². The van der Waals surface area contributed by atoms with E-state index in [1.165, 1.54) is 64.8 Å². The van der Waals surface area contributed by atoms with E-state index in [1.54, 1.807) is 9.80 Å². The molecular formula is C87H120ClF12N11O6. The summed E-state index contributed by atoms with van der Waals surface area (Å²) >= 11 is 6.41. The normalized spacial score (nSPS) is 21.3. The predicted octanol–water partition coefficient (Wildman–Crippen LogP) is 19.7. The lowest BCUT2D eigenvalue weighted by Crippen LogP contribution is -2.42.